The van der Waals surface area contributed by atoms with Crippen LogP contribution in [0, 0.1) is 0 Å². The number of nitrogens with zero attached hydrogens (tertiary/aromatic N) is 6. The maximum Gasteiger partial charge on any atom is 0.194 e. The number of likely N-dealkylation sites (N-methyl/N-ethyl adjacent to an activating group) is 1. The van der Waals surface area contributed by atoms with Gasteiger partial charge < -0.3 is 30.0 Å². The lowest BCUT2D eigenvalue weighted by Crippen LogP contribution is -2.52. The number of hydrogen-bond acceptors (Lipinski definition) is 6. The molecule has 2 aliphatic heterocycles. The molecule has 0 unspecified atom stereocenters. The van der Waals surface area contributed by atoms with Gasteiger partial charge in [0.25, 0.3) is 0 Å². The maximum absolute atomic E-state index is 10.1. The molecule has 0 saturated carbocycles. The van der Waals surface area contributed by atoms with Crippen LogP contribution < -0.4 is 15.1 Å². The highest BCUT2D eigenvalue weighted by Gasteiger charge is 2.21. The van der Waals surface area contributed by atoms with E-state index in [0.29, 0.717) is 5.75 Å². The molecule has 8 heteroatoms. The lowest BCUT2D eigenvalue weighted by molar-refractivity contribution is 0.270. The third kappa shape index (κ3) is 5.24. The third-order valence-corrected chi connectivity index (χ3v) is 6.42. The zero-order chi connectivity index (χ0) is 22.3. The van der Waals surface area contributed by atoms with Crippen molar-refractivity contribution in [1.29, 1.82) is 0 Å². The van der Waals surface area contributed by atoms with Gasteiger partial charge in [-0.1, -0.05) is 19.1 Å². The molecule has 1 aromatic heterocycles. The van der Waals surface area contributed by atoms with Gasteiger partial charge in [-0.3, -0.25) is 4.99 Å². The topological polar surface area (TPSA) is 70.5 Å². The van der Waals surface area contributed by atoms with Crippen molar-refractivity contribution in [3.63, 3.8) is 0 Å². The van der Waals surface area contributed by atoms with Crippen LogP contribution in [0.25, 0.3) is 0 Å². The number of benzene rings is 1. The standard InChI is InChI=1S/C24H35N7O/c1-3-28-10-12-30(13-11-28)23-18-20(8-9-26-23)19-27-24(25-2)31-16-14-29(15-17-31)21-6-4-5-7-22(21)32/h4-9,18,32H,3,10-17,19H2,1-2H3,(H,25,27). The van der Waals surface area contributed by atoms with E-state index in [0.717, 1.165) is 82.9 Å². The first-order valence-electron chi connectivity index (χ1n) is 11.6. The monoisotopic (exact) mass is 437 g/mol. The average molecular weight is 438 g/mol. The van der Waals surface area contributed by atoms with Gasteiger partial charge in [-0.15, -0.1) is 0 Å². The Hall–Kier alpha value is -3.00. The summed E-state index contributed by atoms with van der Waals surface area (Å²) in [4.78, 5) is 18.5. The molecule has 8 nitrogen and oxygen atoms in total. The number of phenols is 1. The molecule has 2 N–H and O–H groups in total. The predicted molar refractivity (Wildman–Crippen MR) is 131 cm³/mol. The second-order valence-corrected chi connectivity index (χ2v) is 8.31. The first kappa shape index (κ1) is 22.2. The number of pyridine rings is 1. The highest BCUT2D eigenvalue weighted by molar-refractivity contribution is 5.80. The van der Waals surface area contributed by atoms with Crippen LogP contribution in [0.3, 0.4) is 0 Å². The van der Waals surface area contributed by atoms with Gasteiger partial charge in [0.05, 0.1) is 5.69 Å². The number of nitrogens with one attached hydrogen (secondary N) is 1. The number of para-hydroxylation sites is 2. The first-order valence-corrected chi connectivity index (χ1v) is 11.6. The van der Waals surface area contributed by atoms with E-state index in [2.05, 4.69) is 53.9 Å². The largest absolute Gasteiger partial charge is 0.506 e. The first-order chi connectivity index (χ1) is 15.7. The number of piperazine rings is 2. The third-order valence-electron chi connectivity index (χ3n) is 6.42. The fraction of sp³-hybridized carbons (Fsp3) is 0.500. The Morgan fingerprint density at radius 2 is 1.72 bits per heavy atom. The van der Waals surface area contributed by atoms with E-state index in [-0.39, 0.29) is 0 Å². The van der Waals surface area contributed by atoms with Crippen molar-refractivity contribution >= 4 is 17.5 Å². The molecule has 2 aromatic rings. The van der Waals surface area contributed by atoms with Gasteiger partial charge in [-0.05, 0) is 36.4 Å². The van der Waals surface area contributed by atoms with Crippen molar-refractivity contribution < 1.29 is 5.11 Å². The summed E-state index contributed by atoms with van der Waals surface area (Å²) in [5, 5.41) is 13.7. The van der Waals surface area contributed by atoms with Crippen LogP contribution in [-0.2, 0) is 6.54 Å². The van der Waals surface area contributed by atoms with Crippen LogP contribution in [0.5, 0.6) is 5.75 Å². The summed E-state index contributed by atoms with van der Waals surface area (Å²) < 4.78 is 0. The second-order valence-electron chi connectivity index (χ2n) is 8.31. The summed E-state index contributed by atoms with van der Waals surface area (Å²) in [5.41, 5.74) is 2.11. The van der Waals surface area contributed by atoms with Crippen molar-refractivity contribution in [2.24, 2.45) is 4.99 Å². The predicted octanol–water partition coefficient (Wildman–Crippen LogP) is 1.83. The van der Waals surface area contributed by atoms with Crippen LogP contribution in [-0.4, -0.2) is 91.8 Å². The number of hydrogen-bond donors (Lipinski definition) is 2. The van der Waals surface area contributed by atoms with Gasteiger partial charge in [0.15, 0.2) is 5.96 Å². The minimum atomic E-state index is 0.341. The molecular formula is C24H35N7O. The Morgan fingerprint density at radius 1 is 1.00 bits per heavy atom. The fourth-order valence-electron chi connectivity index (χ4n) is 4.44. The van der Waals surface area contributed by atoms with E-state index in [9.17, 15) is 5.11 Å². The normalized spacial score (nSPS) is 18.2. The lowest BCUT2D eigenvalue weighted by atomic mass is 10.2. The molecule has 0 radical (unpaired) electrons. The lowest BCUT2D eigenvalue weighted by Gasteiger charge is -2.38. The molecule has 0 atom stereocenters. The van der Waals surface area contributed by atoms with Crippen LogP contribution in [0.4, 0.5) is 11.5 Å². The Morgan fingerprint density at radius 3 is 2.41 bits per heavy atom. The smallest absolute Gasteiger partial charge is 0.194 e. The Labute approximate surface area is 191 Å². The summed E-state index contributed by atoms with van der Waals surface area (Å²) in [7, 11) is 1.84. The summed E-state index contributed by atoms with van der Waals surface area (Å²) in [6.45, 7) is 11.7. The molecule has 1 aromatic carbocycles. The number of guanidine groups is 1. The number of phenolic OH excluding ortho intramolecular Hbond substituents is 1. The van der Waals surface area contributed by atoms with Crippen molar-refractivity contribution in [3.8, 4) is 5.75 Å². The van der Waals surface area contributed by atoms with E-state index >= 15 is 0 Å². The molecule has 172 valence electrons. The SMILES string of the molecule is CCN1CCN(c2cc(CNC(=NC)N3CCN(c4ccccc4O)CC3)ccn2)CC1. The quantitative estimate of drug-likeness (QED) is 0.546. The number of aliphatic imine (C=N–C) groups is 1. The number of rotatable bonds is 5. The second kappa shape index (κ2) is 10.5. The van der Waals surface area contributed by atoms with E-state index in [4.69, 9.17) is 0 Å². The number of anilines is 2. The Kier molecular flexibility index (Phi) is 7.32. The van der Waals surface area contributed by atoms with Gasteiger partial charge in [0, 0.05) is 72.1 Å². The number of aromatic hydroxyl groups is 1. The molecule has 2 aliphatic rings. The van der Waals surface area contributed by atoms with Gasteiger partial charge in [0.2, 0.25) is 0 Å². The Balaban J connectivity index is 1.30. The average Bonchev–Trinajstić information content (AvgIpc) is 2.85. The highest BCUT2D eigenvalue weighted by atomic mass is 16.3. The molecule has 4 rings (SSSR count). The van der Waals surface area contributed by atoms with E-state index in [1.807, 2.05) is 31.4 Å². The summed E-state index contributed by atoms with van der Waals surface area (Å²) in [6, 6.07) is 11.8. The fourth-order valence-corrected chi connectivity index (χ4v) is 4.44. The van der Waals surface area contributed by atoms with Gasteiger partial charge >= 0.3 is 0 Å². The molecule has 2 fully saturated rings. The van der Waals surface area contributed by atoms with E-state index < -0.39 is 0 Å². The van der Waals surface area contributed by atoms with Gasteiger partial charge in [-0.2, -0.15) is 0 Å². The van der Waals surface area contributed by atoms with Crippen LogP contribution in [0.1, 0.15) is 12.5 Å². The zero-order valence-corrected chi connectivity index (χ0v) is 19.2. The highest BCUT2D eigenvalue weighted by Crippen LogP contribution is 2.27. The zero-order valence-electron chi connectivity index (χ0n) is 19.2. The summed E-state index contributed by atoms with van der Waals surface area (Å²) in [5.74, 6) is 2.32. The molecule has 0 amide bonds. The molecule has 0 bridgehead atoms. The molecule has 3 heterocycles. The van der Waals surface area contributed by atoms with Gasteiger partial charge in [0.1, 0.15) is 11.6 Å². The van der Waals surface area contributed by atoms with Crippen LogP contribution in [0.15, 0.2) is 47.6 Å². The van der Waals surface area contributed by atoms with Crippen molar-refractivity contribution in [2.45, 2.75) is 13.5 Å². The summed E-state index contributed by atoms with van der Waals surface area (Å²) in [6.07, 6.45) is 1.91. The summed E-state index contributed by atoms with van der Waals surface area (Å²) >= 11 is 0. The Bertz CT molecular complexity index is 903. The minimum Gasteiger partial charge on any atom is -0.506 e. The minimum absolute atomic E-state index is 0.341. The van der Waals surface area contributed by atoms with Gasteiger partial charge in [-0.25, -0.2) is 4.98 Å². The van der Waals surface area contributed by atoms with Crippen molar-refractivity contribution in [1.82, 2.24) is 20.1 Å². The molecule has 32 heavy (non-hydrogen) atoms. The van der Waals surface area contributed by atoms with Crippen LogP contribution >= 0.6 is 0 Å². The molecular weight excluding hydrogens is 402 g/mol. The maximum atomic E-state index is 10.1. The van der Waals surface area contributed by atoms with E-state index in [1.165, 1.54) is 5.56 Å². The van der Waals surface area contributed by atoms with Crippen molar-refractivity contribution in [2.75, 3.05) is 75.8 Å². The van der Waals surface area contributed by atoms with Crippen LogP contribution in [0.2, 0.25) is 0 Å². The van der Waals surface area contributed by atoms with E-state index in [1.54, 1.807) is 6.07 Å². The molecule has 0 aliphatic carbocycles. The molecule has 2 saturated heterocycles. The number of aromatic nitrogens is 1. The van der Waals surface area contributed by atoms with Crippen molar-refractivity contribution in [3.05, 3.63) is 48.2 Å². The molecule has 0 spiro atoms.